The summed E-state index contributed by atoms with van der Waals surface area (Å²) in [4.78, 5) is 18.8. The number of carbonyl (C=O) groups is 1. The fourth-order valence-electron chi connectivity index (χ4n) is 3.35. The normalized spacial score (nSPS) is 15.9. The van der Waals surface area contributed by atoms with E-state index in [2.05, 4.69) is 22.1 Å². The van der Waals surface area contributed by atoms with E-state index in [9.17, 15) is 9.18 Å². The Labute approximate surface area is 154 Å². The quantitative estimate of drug-likeness (QED) is 0.661. The van der Waals surface area contributed by atoms with Crippen molar-refractivity contribution in [3.8, 4) is 0 Å². The van der Waals surface area contributed by atoms with Gasteiger partial charge in [-0.05, 0) is 37.0 Å². The molecule has 0 radical (unpaired) electrons. The standard InChI is InChI=1S/C18H20FN5OS/c1-11-5-7-24(8-6-11)15(25)10-26-18-20-17-16(21-22-18)13-9-12(19)3-4-14(13)23(17)2/h3-4,9,11H,5-8,10H2,1-2H3. The van der Waals surface area contributed by atoms with E-state index >= 15 is 0 Å². The second-order valence-corrected chi connectivity index (χ2v) is 7.78. The molecule has 2 aromatic heterocycles. The minimum Gasteiger partial charge on any atom is -0.342 e. The molecule has 0 N–H and O–H groups in total. The van der Waals surface area contributed by atoms with Crippen LogP contribution in [0.4, 0.5) is 4.39 Å². The van der Waals surface area contributed by atoms with E-state index < -0.39 is 0 Å². The van der Waals surface area contributed by atoms with E-state index in [0.29, 0.717) is 33.4 Å². The molecule has 1 amide bonds. The van der Waals surface area contributed by atoms with Crippen LogP contribution in [0, 0.1) is 11.7 Å². The van der Waals surface area contributed by atoms with Crippen LogP contribution in [0.5, 0.6) is 0 Å². The first kappa shape index (κ1) is 17.2. The van der Waals surface area contributed by atoms with E-state index in [1.165, 1.54) is 23.9 Å². The van der Waals surface area contributed by atoms with E-state index in [4.69, 9.17) is 0 Å². The molecule has 1 aliphatic heterocycles. The SMILES string of the molecule is CC1CCN(C(=O)CSc2nnc3c4cc(F)ccc4n(C)c3n2)CC1. The van der Waals surface area contributed by atoms with Crippen LogP contribution in [0.25, 0.3) is 22.1 Å². The van der Waals surface area contributed by atoms with E-state index in [0.717, 1.165) is 31.4 Å². The summed E-state index contributed by atoms with van der Waals surface area (Å²) in [5, 5.41) is 9.50. The number of amides is 1. The third kappa shape index (κ3) is 3.13. The fourth-order valence-corrected chi connectivity index (χ4v) is 4.04. The molecule has 0 unspecified atom stereocenters. The van der Waals surface area contributed by atoms with Crippen molar-refractivity contribution in [1.29, 1.82) is 0 Å². The topological polar surface area (TPSA) is 63.9 Å². The number of hydrogen-bond donors (Lipinski definition) is 0. The number of aromatic nitrogens is 4. The van der Waals surface area contributed by atoms with Crippen molar-refractivity contribution in [1.82, 2.24) is 24.6 Å². The number of benzene rings is 1. The Kier molecular flexibility index (Phi) is 4.52. The zero-order valence-corrected chi connectivity index (χ0v) is 15.6. The zero-order chi connectivity index (χ0) is 18.3. The molecule has 136 valence electrons. The molecule has 26 heavy (non-hydrogen) atoms. The number of fused-ring (bicyclic) bond motifs is 3. The van der Waals surface area contributed by atoms with Crippen LogP contribution in [0.2, 0.25) is 0 Å². The average Bonchev–Trinajstić information content (AvgIpc) is 2.92. The van der Waals surface area contributed by atoms with Crippen molar-refractivity contribution in [3.63, 3.8) is 0 Å². The second kappa shape index (κ2) is 6.83. The highest BCUT2D eigenvalue weighted by molar-refractivity contribution is 7.99. The molecular formula is C18H20FN5OS. The summed E-state index contributed by atoms with van der Waals surface area (Å²) in [5.74, 6) is 0.800. The summed E-state index contributed by atoms with van der Waals surface area (Å²) in [5.41, 5.74) is 2.06. The van der Waals surface area contributed by atoms with Gasteiger partial charge in [-0.25, -0.2) is 9.37 Å². The second-order valence-electron chi connectivity index (χ2n) is 6.84. The van der Waals surface area contributed by atoms with Gasteiger partial charge in [0.25, 0.3) is 0 Å². The van der Waals surface area contributed by atoms with Crippen LogP contribution in [0.3, 0.4) is 0 Å². The van der Waals surface area contributed by atoms with Gasteiger partial charge in [-0.1, -0.05) is 18.7 Å². The van der Waals surface area contributed by atoms with Crippen molar-refractivity contribution < 1.29 is 9.18 Å². The number of thioether (sulfide) groups is 1. The summed E-state index contributed by atoms with van der Waals surface area (Å²) in [6, 6.07) is 4.58. The van der Waals surface area contributed by atoms with Gasteiger partial charge in [-0.15, -0.1) is 10.2 Å². The highest BCUT2D eigenvalue weighted by Gasteiger charge is 2.21. The van der Waals surface area contributed by atoms with Gasteiger partial charge in [0.05, 0.1) is 11.3 Å². The summed E-state index contributed by atoms with van der Waals surface area (Å²) < 4.78 is 15.4. The van der Waals surface area contributed by atoms with Gasteiger partial charge >= 0.3 is 0 Å². The summed E-state index contributed by atoms with van der Waals surface area (Å²) in [6.07, 6.45) is 2.12. The largest absolute Gasteiger partial charge is 0.342 e. The lowest BCUT2D eigenvalue weighted by molar-refractivity contribution is -0.129. The molecule has 0 saturated carbocycles. The average molecular weight is 373 g/mol. The van der Waals surface area contributed by atoms with E-state index in [1.807, 2.05) is 16.5 Å². The molecule has 8 heteroatoms. The summed E-state index contributed by atoms with van der Waals surface area (Å²) in [7, 11) is 1.87. The van der Waals surface area contributed by atoms with Gasteiger partial charge in [-0.3, -0.25) is 4.79 Å². The number of rotatable bonds is 3. The number of likely N-dealkylation sites (tertiary alicyclic amines) is 1. The minimum absolute atomic E-state index is 0.115. The zero-order valence-electron chi connectivity index (χ0n) is 14.8. The molecule has 0 aliphatic carbocycles. The predicted octanol–water partition coefficient (Wildman–Crippen LogP) is 3.01. The molecule has 1 aromatic carbocycles. The first-order valence-corrected chi connectivity index (χ1v) is 9.70. The Hall–Kier alpha value is -2.22. The van der Waals surface area contributed by atoms with Crippen molar-refractivity contribution in [2.24, 2.45) is 13.0 Å². The summed E-state index contributed by atoms with van der Waals surface area (Å²) >= 11 is 1.30. The van der Waals surface area contributed by atoms with Gasteiger partial charge in [0, 0.05) is 25.5 Å². The summed E-state index contributed by atoms with van der Waals surface area (Å²) in [6.45, 7) is 3.88. The highest BCUT2D eigenvalue weighted by Crippen LogP contribution is 2.27. The highest BCUT2D eigenvalue weighted by atomic mass is 32.2. The van der Waals surface area contributed by atoms with Crippen molar-refractivity contribution >= 4 is 39.7 Å². The molecule has 1 aliphatic rings. The Morgan fingerprint density at radius 3 is 2.85 bits per heavy atom. The van der Waals surface area contributed by atoms with Crippen LogP contribution in [0.15, 0.2) is 23.4 Å². The third-order valence-corrected chi connectivity index (χ3v) is 5.83. The van der Waals surface area contributed by atoms with Crippen LogP contribution in [-0.4, -0.2) is 49.4 Å². The predicted molar refractivity (Wildman–Crippen MR) is 99.5 cm³/mol. The number of piperidine rings is 1. The molecule has 1 fully saturated rings. The smallest absolute Gasteiger partial charge is 0.233 e. The molecule has 0 bridgehead atoms. The minimum atomic E-state index is -0.313. The van der Waals surface area contributed by atoms with Crippen LogP contribution < -0.4 is 0 Å². The maximum atomic E-state index is 13.5. The molecule has 0 spiro atoms. The van der Waals surface area contributed by atoms with Crippen molar-refractivity contribution in [2.45, 2.75) is 24.9 Å². The molecule has 3 heterocycles. The van der Waals surface area contributed by atoms with E-state index in [1.54, 1.807) is 6.07 Å². The lowest BCUT2D eigenvalue weighted by atomic mass is 9.99. The Morgan fingerprint density at radius 1 is 1.31 bits per heavy atom. The lowest BCUT2D eigenvalue weighted by Gasteiger charge is -2.30. The van der Waals surface area contributed by atoms with Gasteiger partial charge in [0.2, 0.25) is 11.1 Å². The van der Waals surface area contributed by atoms with Gasteiger partial charge in [-0.2, -0.15) is 0 Å². The number of aryl methyl sites for hydroxylation is 1. The van der Waals surface area contributed by atoms with Crippen LogP contribution >= 0.6 is 11.8 Å². The van der Waals surface area contributed by atoms with Crippen LogP contribution in [0.1, 0.15) is 19.8 Å². The number of halogens is 1. The molecule has 4 rings (SSSR count). The molecule has 3 aromatic rings. The Bertz CT molecular complexity index is 981. The maximum absolute atomic E-state index is 13.5. The first-order valence-electron chi connectivity index (χ1n) is 8.72. The molecule has 0 atom stereocenters. The lowest BCUT2D eigenvalue weighted by Crippen LogP contribution is -2.38. The van der Waals surface area contributed by atoms with Gasteiger partial charge < -0.3 is 9.47 Å². The third-order valence-electron chi connectivity index (χ3n) is 5.00. The number of carbonyl (C=O) groups excluding carboxylic acids is 1. The fraction of sp³-hybridized carbons (Fsp3) is 0.444. The van der Waals surface area contributed by atoms with Crippen molar-refractivity contribution in [3.05, 3.63) is 24.0 Å². The molecule has 1 saturated heterocycles. The van der Waals surface area contributed by atoms with Crippen molar-refractivity contribution in [2.75, 3.05) is 18.8 Å². The monoisotopic (exact) mass is 373 g/mol. The maximum Gasteiger partial charge on any atom is 0.233 e. The number of nitrogens with zero attached hydrogens (tertiary/aromatic N) is 5. The Morgan fingerprint density at radius 2 is 2.08 bits per heavy atom. The molecular weight excluding hydrogens is 353 g/mol. The van der Waals surface area contributed by atoms with Gasteiger partial charge in [0.1, 0.15) is 11.3 Å². The van der Waals surface area contributed by atoms with Gasteiger partial charge in [0.15, 0.2) is 5.65 Å². The Balaban J connectivity index is 1.53. The first-order chi connectivity index (χ1) is 12.5. The van der Waals surface area contributed by atoms with E-state index in [-0.39, 0.29) is 11.7 Å². The number of hydrogen-bond acceptors (Lipinski definition) is 5. The molecule has 6 nitrogen and oxygen atoms in total. The van der Waals surface area contributed by atoms with Crippen LogP contribution in [-0.2, 0) is 11.8 Å².